The van der Waals surface area contributed by atoms with Crippen molar-refractivity contribution < 1.29 is 14.3 Å². The molecule has 0 atom stereocenters. The fraction of sp³-hybridized carbons (Fsp3) is 0.0588. The van der Waals surface area contributed by atoms with E-state index in [4.69, 9.17) is 27.9 Å². The molecule has 6 heteroatoms. The SMILES string of the molecule is COc1ccc(C2=C(Cl)C(=O)N(c3ccccc3Cl)C2=O)cc1. The molecule has 116 valence electrons. The second kappa shape index (κ2) is 6.07. The number of para-hydroxylation sites is 1. The third kappa shape index (κ3) is 2.60. The molecule has 0 saturated heterocycles. The van der Waals surface area contributed by atoms with Crippen LogP contribution in [0.3, 0.4) is 0 Å². The highest BCUT2D eigenvalue weighted by Crippen LogP contribution is 2.37. The normalized spacial score (nSPS) is 14.7. The molecule has 0 fully saturated rings. The van der Waals surface area contributed by atoms with Gasteiger partial charge in [-0.15, -0.1) is 0 Å². The Balaban J connectivity index is 2.04. The molecule has 1 aliphatic rings. The van der Waals surface area contributed by atoms with Gasteiger partial charge in [0, 0.05) is 0 Å². The fourth-order valence-electron chi connectivity index (χ4n) is 2.36. The number of nitrogens with zero attached hydrogens (tertiary/aromatic N) is 1. The molecule has 4 nitrogen and oxygen atoms in total. The third-order valence-corrected chi connectivity index (χ3v) is 4.17. The maximum Gasteiger partial charge on any atom is 0.277 e. The third-order valence-electron chi connectivity index (χ3n) is 3.50. The molecule has 23 heavy (non-hydrogen) atoms. The van der Waals surface area contributed by atoms with Gasteiger partial charge in [0.15, 0.2) is 0 Å². The summed E-state index contributed by atoms with van der Waals surface area (Å²) >= 11 is 12.2. The van der Waals surface area contributed by atoms with Gasteiger partial charge in [-0.05, 0) is 29.8 Å². The van der Waals surface area contributed by atoms with Crippen LogP contribution in [0.2, 0.25) is 5.02 Å². The standard InChI is InChI=1S/C17H11Cl2NO3/c1-23-11-8-6-10(7-9-11)14-15(19)17(22)20(16(14)21)13-5-3-2-4-12(13)18/h2-9H,1H3. The summed E-state index contributed by atoms with van der Waals surface area (Å²) < 4.78 is 5.08. The van der Waals surface area contributed by atoms with Crippen LogP contribution < -0.4 is 9.64 Å². The van der Waals surface area contributed by atoms with E-state index in [1.807, 2.05) is 0 Å². The van der Waals surface area contributed by atoms with Crippen molar-refractivity contribution in [2.45, 2.75) is 0 Å². The molecule has 1 aliphatic heterocycles. The van der Waals surface area contributed by atoms with E-state index in [0.29, 0.717) is 22.0 Å². The molecule has 0 bridgehead atoms. The highest BCUT2D eigenvalue weighted by Gasteiger charge is 2.39. The molecule has 0 aromatic heterocycles. The van der Waals surface area contributed by atoms with Crippen molar-refractivity contribution in [1.82, 2.24) is 0 Å². The van der Waals surface area contributed by atoms with E-state index in [0.717, 1.165) is 4.90 Å². The zero-order valence-corrected chi connectivity index (χ0v) is 13.6. The number of carbonyl (C=O) groups excluding carboxylic acids is 2. The highest BCUT2D eigenvalue weighted by molar-refractivity contribution is 6.60. The first-order valence-corrected chi connectivity index (χ1v) is 7.47. The highest BCUT2D eigenvalue weighted by atomic mass is 35.5. The lowest BCUT2D eigenvalue weighted by Gasteiger charge is -2.16. The van der Waals surface area contributed by atoms with Crippen molar-refractivity contribution in [3.05, 3.63) is 64.1 Å². The van der Waals surface area contributed by atoms with Gasteiger partial charge in [0.2, 0.25) is 0 Å². The number of methoxy groups -OCH3 is 1. The van der Waals surface area contributed by atoms with Crippen LogP contribution in [0.5, 0.6) is 5.75 Å². The molecule has 0 aliphatic carbocycles. The number of rotatable bonds is 3. The lowest BCUT2D eigenvalue weighted by Crippen LogP contribution is -2.31. The molecular formula is C17H11Cl2NO3. The van der Waals surface area contributed by atoms with Crippen LogP contribution in [-0.4, -0.2) is 18.9 Å². The van der Waals surface area contributed by atoms with Crippen LogP contribution in [0.25, 0.3) is 5.57 Å². The number of imide groups is 1. The number of carbonyl (C=O) groups is 2. The van der Waals surface area contributed by atoms with Crippen LogP contribution >= 0.6 is 23.2 Å². The molecule has 2 aromatic carbocycles. The Hall–Kier alpha value is -2.30. The van der Waals surface area contributed by atoms with Gasteiger partial charge in [0.05, 0.1) is 23.4 Å². The van der Waals surface area contributed by atoms with E-state index in [1.165, 1.54) is 0 Å². The molecule has 0 unspecified atom stereocenters. The van der Waals surface area contributed by atoms with Gasteiger partial charge in [0.1, 0.15) is 10.8 Å². The Morgan fingerprint density at radius 2 is 1.57 bits per heavy atom. The molecule has 0 N–H and O–H groups in total. The zero-order valence-electron chi connectivity index (χ0n) is 12.0. The van der Waals surface area contributed by atoms with Crippen molar-refractivity contribution in [2.75, 3.05) is 12.0 Å². The van der Waals surface area contributed by atoms with Crippen LogP contribution in [0.4, 0.5) is 5.69 Å². The van der Waals surface area contributed by atoms with Gasteiger partial charge in [-0.2, -0.15) is 0 Å². The summed E-state index contributed by atoms with van der Waals surface area (Å²) in [5.41, 5.74) is 1.01. The Morgan fingerprint density at radius 3 is 2.17 bits per heavy atom. The van der Waals surface area contributed by atoms with E-state index in [2.05, 4.69) is 0 Å². The van der Waals surface area contributed by atoms with Crippen LogP contribution in [0, 0.1) is 0 Å². The minimum Gasteiger partial charge on any atom is -0.497 e. The van der Waals surface area contributed by atoms with Crippen LogP contribution in [-0.2, 0) is 9.59 Å². The number of anilines is 1. The number of ether oxygens (including phenoxy) is 1. The average Bonchev–Trinajstić information content (AvgIpc) is 2.78. The maximum atomic E-state index is 12.7. The van der Waals surface area contributed by atoms with Crippen molar-refractivity contribution in [2.24, 2.45) is 0 Å². The summed E-state index contributed by atoms with van der Waals surface area (Å²) in [4.78, 5) is 26.1. The van der Waals surface area contributed by atoms with Gasteiger partial charge < -0.3 is 4.74 Å². The molecule has 0 saturated carbocycles. The molecule has 0 radical (unpaired) electrons. The Morgan fingerprint density at radius 1 is 0.913 bits per heavy atom. The number of hydrogen-bond acceptors (Lipinski definition) is 3. The van der Waals surface area contributed by atoms with E-state index >= 15 is 0 Å². The largest absolute Gasteiger partial charge is 0.497 e. The summed E-state index contributed by atoms with van der Waals surface area (Å²) in [5.74, 6) is -0.445. The number of benzene rings is 2. The molecule has 0 spiro atoms. The maximum absolute atomic E-state index is 12.7. The first-order valence-electron chi connectivity index (χ1n) is 6.72. The number of hydrogen-bond donors (Lipinski definition) is 0. The van der Waals surface area contributed by atoms with Gasteiger partial charge in [-0.25, -0.2) is 4.90 Å². The molecule has 1 heterocycles. The van der Waals surface area contributed by atoms with Gasteiger partial charge in [-0.1, -0.05) is 47.5 Å². The Labute approximate surface area is 142 Å². The van der Waals surface area contributed by atoms with E-state index in [-0.39, 0.29) is 10.6 Å². The van der Waals surface area contributed by atoms with Crippen molar-refractivity contribution in [3.8, 4) is 5.75 Å². The smallest absolute Gasteiger partial charge is 0.277 e. The Kier molecular flexibility index (Phi) is 4.11. The summed E-state index contributed by atoms with van der Waals surface area (Å²) in [5, 5.41) is 0.176. The number of amides is 2. The lowest BCUT2D eigenvalue weighted by molar-refractivity contribution is -0.119. The fourth-order valence-corrected chi connectivity index (χ4v) is 2.86. The first kappa shape index (κ1) is 15.6. The molecule has 2 aromatic rings. The van der Waals surface area contributed by atoms with Crippen LogP contribution in [0.1, 0.15) is 5.56 Å². The molecular weight excluding hydrogens is 337 g/mol. The molecule has 3 rings (SSSR count). The van der Waals surface area contributed by atoms with Crippen LogP contribution in [0.15, 0.2) is 53.6 Å². The minimum atomic E-state index is -0.587. The van der Waals surface area contributed by atoms with Gasteiger partial charge in [0.25, 0.3) is 11.8 Å². The van der Waals surface area contributed by atoms with Gasteiger partial charge >= 0.3 is 0 Å². The monoisotopic (exact) mass is 347 g/mol. The Bertz CT molecular complexity index is 828. The minimum absolute atomic E-state index is 0.125. The van der Waals surface area contributed by atoms with E-state index in [9.17, 15) is 9.59 Å². The van der Waals surface area contributed by atoms with E-state index in [1.54, 1.807) is 55.6 Å². The number of halogens is 2. The predicted molar refractivity (Wildman–Crippen MR) is 89.7 cm³/mol. The summed E-state index contributed by atoms with van der Waals surface area (Å²) in [7, 11) is 1.55. The average molecular weight is 348 g/mol. The topological polar surface area (TPSA) is 46.6 Å². The van der Waals surface area contributed by atoms with Crippen molar-refractivity contribution >= 4 is 46.3 Å². The summed E-state index contributed by atoms with van der Waals surface area (Å²) in [6, 6.07) is 13.4. The second-order valence-corrected chi connectivity index (χ2v) is 5.60. The van der Waals surface area contributed by atoms with Crippen molar-refractivity contribution in [3.63, 3.8) is 0 Å². The quantitative estimate of drug-likeness (QED) is 0.791. The van der Waals surface area contributed by atoms with Gasteiger partial charge in [-0.3, -0.25) is 9.59 Å². The van der Waals surface area contributed by atoms with E-state index < -0.39 is 11.8 Å². The zero-order chi connectivity index (χ0) is 16.6. The first-order chi connectivity index (χ1) is 11.0. The molecule has 2 amide bonds. The summed E-state index contributed by atoms with van der Waals surface area (Å²) in [6.07, 6.45) is 0. The van der Waals surface area contributed by atoms with Crippen molar-refractivity contribution in [1.29, 1.82) is 0 Å². The second-order valence-electron chi connectivity index (χ2n) is 4.81. The predicted octanol–water partition coefficient (Wildman–Crippen LogP) is 3.87. The lowest BCUT2D eigenvalue weighted by atomic mass is 10.1. The summed E-state index contributed by atoms with van der Waals surface area (Å²) in [6.45, 7) is 0.